The molecular weight excluding hydrogens is 395 g/mol. The number of aromatic carboxylic acids is 1. The first-order valence-electron chi connectivity index (χ1n) is 11.1. The maximum Gasteiger partial charge on any atom is 0.335 e. The third kappa shape index (κ3) is 3.65. The van der Waals surface area contributed by atoms with Crippen LogP contribution in [-0.2, 0) is 11.8 Å². The molecule has 4 atom stereocenters. The van der Waals surface area contributed by atoms with Crippen molar-refractivity contribution in [2.75, 3.05) is 0 Å². The van der Waals surface area contributed by atoms with Crippen LogP contribution in [0.2, 0.25) is 0 Å². The number of rotatable bonds is 5. The van der Waals surface area contributed by atoms with Gasteiger partial charge in [-0.3, -0.25) is 0 Å². The van der Waals surface area contributed by atoms with Crippen molar-refractivity contribution < 1.29 is 24.1 Å². The van der Waals surface area contributed by atoms with Gasteiger partial charge in [0.1, 0.15) is 17.7 Å². The molecule has 0 amide bonds. The molecule has 2 aliphatic carbocycles. The Hall–Kier alpha value is -2.66. The smallest absolute Gasteiger partial charge is 0.335 e. The van der Waals surface area contributed by atoms with Crippen LogP contribution in [-0.4, -0.2) is 28.4 Å². The van der Waals surface area contributed by atoms with Crippen molar-refractivity contribution in [3.05, 3.63) is 77.1 Å². The molecule has 1 aliphatic heterocycles. The molecule has 31 heavy (non-hydrogen) atoms. The van der Waals surface area contributed by atoms with E-state index in [-0.39, 0.29) is 17.5 Å². The molecule has 162 valence electrons. The van der Waals surface area contributed by atoms with E-state index in [0.29, 0.717) is 23.1 Å². The summed E-state index contributed by atoms with van der Waals surface area (Å²) in [5.74, 6) is 0.118. The molecule has 5 heteroatoms. The molecule has 5 rings (SSSR count). The van der Waals surface area contributed by atoms with Crippen molar-refractivity contribution >= 4 is 5.97 Å². The van der Waals surface area contributed by atoms with E-state index in [1.807, 2.05) is 18.2 Å². The minimum absolute atomic E-state index is 0.0542. The molecule has 2 saturated carbocycles. The van der Waals surface area contributed by atoms with Gasteiger partial charge < -0.3 is 14.9 Å². The maximum absolute atomic E-state index is 14.3. The number of carboxylic acid groups (broad SMARTS) is 1. The molecular formula is C26H27FO4. The molecule has 1 unspecified atom stereocenters. The van der Waals surface area contributed by atoms with E-state index in [2.05, 4.69) is 6.08 Å². The van der Waals surface area contributed by atoms with Gasteiger partial charge in [-0.15, -0.1) is 0 Å². The molecule has 0 spiro atoms. The van der Waals surface area contributed by atoms with Gasteiger partial charge in [-0.2, -0.15) is 0 Å². The van der Waals surface area contributed by atoms with Crippen molar-refractivity contribution in [1.82, 2.24) is 0 Å². The Labute approximate surface area is 181 Å². The van der Waals surface area contributed by atoms with E-state index in [0.717, 1.165) is 44.1 Å². The predicted molar refractivity (Wildman–Crippen MR) is 115 cm³/mol. The topological polar surface area (TPSA) is 66.8 Å². The first-order valence-corrected chi connectivity index (χ1v) is 11.1. The van der Waals surface area contributed by atoms with Gasteiger partial charge in [0, 0.05) is 11.3 Å². The fourth-order valence-electron chi connectivity index (χ4n) is 5.49. The highest BCUT2D eigenvalue weighted by atomic mass is 19.1. The minimum Gasteiger partial charge on any atom is -0.490 e. The van der Waals surface area contributed by atoms with Crippen molar-refractivity contribution in [2.24, 2.45) is 11.8 Å². The Morgan fingerprint density at radius 2 is 1.97 bits per heavy atom. The highest BCUT2D eigenvalue weighted by Gasteiger charge is 2.51. The standard InChI is InChI=1S/C26H27FO4/c27-21-4-2-1-3-20(21)26(13-14-26)24(28)12-9-16-8-11-22-19(16)10-7-17-5-6-18(25(29)30)15-23(17)31-22/h1-6,9,12,15-16,19,22,24,28H,7-8,10-11,13-14H2,(H,29,30)/b12-9+/t16-,19-,22+,24?/m1/s1. The zero-order chi connectivity index (χ0) is 21.6. The van der Waals surface area contributed by atoms with Crippen LogP contribution in [0, 0.1) is 17.7 Å². The summed E-state index contributed by atoms with van der Waals surface area (Å²) in [5.41, 5.74) is 1.42. The SMILES string of the molecule is O=C(O)c1ccc2c(c1)O[C@H]1CC[C@H](/C=C/C(O)C3(c4ccccc4F)CC3)[C@H]1CC2. The van der Waals surface area contributed by atoms with E-state index in [9.17, 15) is 19.4 Å². The predicted octanol–water partition coefficient (Wildman–Crippen LogP) is 4.89. The maximum atomic E-state index is 14.3. The summed E-state index contributed by atoms with van der Waals surface area (Å²) in [7, 11) is 0. The summed E-state index contributed by atoms with van der Waals surface area (Å²) in [6.45, 7) is 0. The van der Waals surface area contributed by atoms with Crippen LogP contribution in [0.25, 0.3) is 0 Å². The highest BCUT2D eigenvalue weighted by molar-refractivity contribution is 5.88. The second-order valence-corrected chi connectivity index (χ2v) is 9.19. The Bertz CT molecular complexity index is 1030. The monoisotopic (exact) mass is 422 g/mol. The number of hydrogen-bond donors (Lipinski definition) is 2. The Kier molecular flexibility index (Phi) is 5.09. The molecule has 0 saturated heterocycles. The van der Waals surface area contributed by atoms with Gasteiger partial charge in [0.05, 0.1) is 11.7 Å². The number of ether oxygens (including phenoxy) is 1. The van der Waals surface area contributed by atoms with Crippen molar-refractivity contribution in [3.63, 3.8) is 0 Å². The van der Waals surface area contributed by atoms with Gasteiger partial charge >= 0.3 is 5.97 Å². The number of aryl methyl sites for hydroxylation is 1. The highest BCUT2D eigenvalue weighted by Crippen LogP contribution is 2.52. The van der Waals surface area contributed by atoms with Crippen LogP contribution in [0.15, 0.2) is 54.6 Å². The molecule has 2 fully saturated rings. The van der Waals surface area contributed by atoms with Crippen LogP contribution in [0.3, 0.4) is 0 Å². The number of aliphatic hydroxyl groups excluding tert-OH is 1. The number of allylic oxidation sites excluding steroid dienone is 1. The van der Waals surface area contributed by atoms with Gasteiger partial charge in [-0.05, 0) is 73.8 Å². The van der Waals surface area contributed by atoms with E-state index in [1.165, 1.54) is 6.07 Å². The fourth-order valence-corrected chi connectivity index (χ4v) is 5.49. The number of benzene rings is 2. The van der Waals surface area contributed by atoms with E-state index in [1.54, 1.807) is 24.3 Å². The van der Waals surface area contributed by atoms with Gasteiger partial charge in [0.25, 0.3) is 0 Å². The van der Waals surface area contributed by atoms with E-state index >= 15 is 0 Å². The fraction of sp³-hybridized carbons (Fsp3) is 0.423. The van der Waals surface area contributed by atoms with E-state index in [4.69, 9.17) is 4.74 Å². The summed E-state index contributed by atoms with van der Waals surface area (Å²) in [6, 6.07) is 11.9. The summed E-state index contributed by atoms with van der Waals surface area (Å²) >= 11 is 0. The molecule has 0 radical (unpaired) electrons. The first-order chi connectivity index (χ1) is 15.0. The first kappa shape index (κ1) is 20.3. The van der Waals surface area contributed by atoms with Crippen LogP contribution in [0.1, 0.15) is 53.6 Å². The molecule has 2 N–H and O–H groups in total. The summed E-state index contributed by atoms with van der Waals surface area (Å²) in [5, 5.41) is 20.2. The van der Waals surface area contributed by atoms with Gasteiger partial charge in [-0.25, -0.2) is 9.18 Å². The number of aliphatic hydroxyl groups is 1. The third-order valence-corrected chi connectivity index (χ3v) is 7.46. The second kappa shape index (κ2) is 7.79. The average molecular weight is 422 g/mol. The van der Waals surface area contributed by atoms with Gasteiger partial charge in [0.2, 0.25) is 0 Å². The third-order valence-electron chi connectivity index (χ3n) is 7.46. The normalized spacial score (nSPS) is 27.1. The summed E-state index contributed by atoms with van der Waals surface area (Å²) in [4.78, 5) is 11.3. The lowest BCUT2D eigenvalue weighted by atomic mass is 9.86. The lowest BCUT2D eigenvalue weighted by Gasteiger charge is -2.23. The van der Waals surface area contributed by atoms with E-state index < -0.39 is 17.5 Å². The summed E-state index contributed by atoms with van der Waals surface area (Å²) < 4.78 is 20.6. The number of carboxylic acids is 1. The number of carbonyl (C=O) groups is 1. The van der Waals surface area contributed by atoms with Crippen molar-refractivity contribution in [3.8, 4) is 5.75 Å². The van der Waals surface area contributed by atoms with Gasteiger partial charge in [0.15, 0.2) is 0 Å². The van der Waals surface area contributed by atoms with Crippen LogP contribution < -0.4 is 4.74 Å². The number of fused-ring (bicyclic) bond motifs is 2. The lowest BCUT2D eigenvalue weighted by molar-refractivity contribution is 0.0695. The second-order valence-electron chi connectivity index (χ2n) is 9.19. The number of hydrogen-bond acceptors (Lipinski definition) is 3. The molecule has 4 nitrogen and oxygen atoms in total. The Morgan fingerprint density at radius 3 is 2.71 bits per heavy atom. The molecule has 0 aromatic heterocycles. The largest absolute Gasteiger partial charge is 0.490 e. The average Bonchev–Trinajstić information content (AvgIpc) is 3.51. The zero-order valence-corrected chi connectivity index (χ0v) is 17.3. The minimum atomic E-state index is -0.947. The Balaban J connectivity index is 1.30. The van der Waals surface area contributed by atoms with Gasteiger partial charge in [-0.1, -0.05) is 36.4 Å². The number of halogens is 1. The molecule has 3 aliphatic rings. The molecule has 0 bridgehead atoms. The van der Waals surface area contributed by atoms with Crippen molar-refractivity contribution in [2.45, 2.75) is 56.1 Å². The zero-order valence-electron chi connectivity index (χ0n) is 17.3. The Morgan fingerprint density at radius 1 is 1.16 bits per heavy atom. The quantitative estimate of drug-likeness (QED) is 0.673. The van der Waals surface area contributed by atoms with Crippen LogP contribution in [0.4, 0.5) is 4.39 Å². The molecule has 1 heterocycles. The lowest BCUT2D eigenvalue weighted by Crippen LogP contribution is -2.26. The summed E-state index contributed by atoms with van der Waals surface area (Å²) in [6.07, 6.45) is 8.61. The van der Waals surface area contributed by atoms with Crippen LogP contribution in [0.5, 0.6) is 5.75 Å². The van der Waals surface area contributed by atoms with Crippen molar-refractivity contribution in [1.29, 1.82) is 0 Å². The molecule has 2 aromatic carbocycles. The molecule has 2 aromatic rings. The van der Waals surface area contributed by atoms with Crippen LogP contribution >= 0.6 is 0 Å².